The van der Waals surface area contributed by atoms with E-state index < -0.39 is 0 Å². The maximum Gasteiger partial charge on any atom is 0.217 e. The standard InChI is InChI=1S/C8H12N4OS/c1-13-7-6(3-2-4-11-7)5-14-8(9)12-10/h2-4H,5,10H2,1H3,(H2,9,12). The zero-order chi connectivity index (χ0) is 10.4. The van der Waals surface area contributed by atoms with E-state index in [1.807, 2.05) is 12.1 Å². The maximum absolute atomic E-state index is 5.44. The van der Waals surface area contributed by atoms with Crippen LogP contribution in [-0.4, -0.2) is 17.3 Å². The van der Waals surface area contributed by atoms with Gasteiger partial charge in [-0.2, -0.15) is 5.10 Å². The van der Waals surface area contributed by atoms with E-state index in [1.165, 1.54) is 11.8 Å². The monoisotopic (exact) mass is 212 g/mol. The molecule has 0 aliphatic carbocycles. The highest BCUT2D eigenvalue weighted by molar-refractivity contribution is 8.13. The molecule has 0 aromatic carbocycles. The Morgan fingerprint density at radius 1 is 1.71 bits per heavy atom. The summed E-state index contributed by atoms with van der Waals surface area (Å²) in [5.41, 5.74) is 6.40. The van der Waals surface area contributed by atoms with Gasteiger partial charge >= 0.3 is 0 Å². The topological polar surface area (TPSA) is 86.5 Å². The lowest BCUT2D eigenvalue weighted by atomic mass is 10.3. The van der Waals surface area contributed by atoms with Gasteiger partial charge in [0.1, 0.15) is 0 Å². The van der Waals surface area contributed by atoms with Gasteiger partial charge in [0.2, 0.25) is 5.88 Å². The minimum Gasteiger partial charge on any atom is -0.481 e. The molecule has 0 aliphatic rings. The summed E-state index contributed by atoms with van der Waals surface area (Å²) in [6.07, 6.45) is 1.67. The summed E-state index contributed by atoms with van der Waals surface area (Å²) >= 11 is 1.34. The van der Waals surface area contributed by atoms with E-state index in [9.17, 15) is 0 Å². The number of pyridine rings is 1. The van der Waals surface area contributed by atoms with Crippen molar-refractivity contribution < 1.29 is 4.74 Å². The molecule has 0 unspecified atom stereocenters. The van der Waals surface area contributed by atoms with Crippen molar-refractivity contribution in [2.24, 2.45) is 16.7 Å². The Morgan fingerprint density at radius 2 is 2.50 bits per heavy atom. The van der Waals surface area contributed by atoms with Crippen molar-refractivity contribution in [3.63, 3.8) is 0 Å². The highest BCUT2D eigenvalue weighted by Crippen LogP contribution is 2.19. The number of nitrogens with two attached hydrogens (primary N) is 2. The van der Waals surface area contributed by atoms with Crippen LogP contribution in [0.5, 0.6) is 5.88 Å². The summed E-state index contributed by atoms with van der Waals surface area (Å²) in [4.78, 5) is 4.05. The summed E-state index contributed by atoms with van der Waals surface area (Å²) < 4.78 is 5.07. The second-order valence-electron chi connectivity index (χ2n) is 2.43. The molecular formula is C8H12N4OS. The third kappa shape index (κ3) is 2.81. The Hall–Kier alpha value is -1.43. The average molecular weight is 212 g/mol. The van der Waals surface area contributed by atoms with Crippen molar-refractivity contribution in [2.45, 2.75) is 5.75 Å². The molecule has 1 aromatic rings. The van der Waals surface area contributed by atoms with Crippen LogP contribution in [0.3, 0.4) is 0 Å². The highest BCUT2D eigenvalue weighted by Gasteiger charge is 2.03. The van der Waals surface area contributed by atoms with Gasteiger partial charge in [-0.3, -0.25) is 0 Å². The van der Waals surface area contributed by atoms with Crippen LogP contribution in [0, 0.1) is 0 Å². The van der Waals surface area contributed by atoms with Gasteiger partial charge in [-0.15, -0.1) is 0 Å². The Labute approximate surface area is 86.5 Å². The Balaban J connectivity index is 2.66. The van der Waals surface area contributed by atoms with Crippen LogP contribution >= 0.6 is 11.8 Å². The third-order valence-electron chi connectivity index (χ3n) is 1.55. The van der Waals surface area contributed by atoms with E-state index in [2.05, 4.69) is 10.1 Å². The van der Waals surface area contributed by atoms with E-state index in [1.54, 1.807) is 13.3 Å². The molecule has 0 spiro atoms. The first-order valence-electron chi connectivity index (χ1n) is 3.92. The zero-order valence-electron chi connectivity index (χ0n) is 7.80. The summed E-state index contributed by atoms with van der Waals surface area (Å²) in [5, 5.41) is 3.70. The van der Waals surface area contributed by atoms with E-state index in [0.29, 0.717) is 16.8 Å². The van der Waals surface area contributed by atoms with Gasteiger partial charge in [0, 0.05) is 17.5 Å². The van der Waals surface area contributed by atoms with Gasteiger partial charge in [-0.05, 0) is 6.07 Å². The molecule has 0 atom stereocenters. The Kier molecular flexibility index (Phi) is 4.06. The van der Waals surface area contributed by atoms with Crippen LogP contribution in [0.4, 0.5) is 0 Å². The SMILES string of the molecule is COc1ncccc1CSC(N)=NN. The lowest BCUT2D eigenvalue weighted by Gasteiger charge is -2.05. The van der Waals surface area contributed by atoms with Crippen molar-refractivity contribution >= 4 is 16.9 Å². The first-order valence-corrected chi connectivity index (χ1v) is 4.90. The van der Waals surface area contributed by atoms with Gasteiger partial charge in [0.15, 0.2) is 5.17 Å². The number of aromatic nitrogens is 1. The van der Waals surface area contributed by atoms with E-state index in [-0.39, 0.29) is 0 Å². The molecule has 14 heavy (non-hydrogen) atoms. The predicted octanol–water partition coefficient (Wildman–Crippen LogP) is 0.512. The minimum atomic E-state index is 0.343. The largest absolute Gasteiger partial charge is 0.481 e. The molecule has 0 aliphatic heterocycles. The molecule has 1 aromatic heterocycles. The predicted molar refractivity (Wildman–Crippen MR) is 57.9 cm³/mol. The second-order valence-corrected chi connectivity index (χ2v) is 3.42. The van der Waals surface area contributed by atoms with Crippen LogP contribution in [-0.2, 0) is 5.75 Å². The number of hydrazone groups is 1. The van der Waals surface area contributed by atoms with Gasteiger partial charge in [0.05, 0.1) is 7.11 Å². The number of hydrogen-bond donors (Lipinski definition) is 2. The van der Waals surface area contributed by atoms with Crippen molar-refractivity contribution in [2.75, 3.05) is 7.11 Å². The first kappa shape index (κ1) is 10.6. The fourth-order valence-electron chi connectivity index (χ4n) is 0.907. The molecule has 76 valence electrons. The van der Waals surface area contributed by atoms with Gasteiger partial charge in [-0.1, -0.05) is 17.8 Å². The summed E-state index contributed by atoms with van der Waals surface area (Å²) in [6.45, 7) is 0. The fraction of sp³-hybridized carbons (Fsp3) is 0.250. The quantitative estimate of drug-likeness (QED) is 0.330. The first-order chi connectivity index (χ1) is 6.77. The van der Waals surface area contributed by atoms with Crippen molar-refractivity contribution in [3.05, 3.63) is 23.9 Å². The molecule has 5 nitrogen and oxygen atoms in total. The molecule has 0 amide bonds. The molecule has 0 saturated carbocycles. The lowest BCUT2D eigenvalue weighted by molar-refractivity contribution is 0.394. The van der Waals surface area contributed by atoms with Gasteiger partial charge in [0.25, 0.3) is 0 Å². The van der Waals surface area contributed by atoms with Crippen molar-refractivity contribution in [1.29, 1.82) is 0 Å². The van der Waals surface area contributed by atoms with Crippen LogP contribution in [0.15, 0.2) is 23.4 Å². The number of rotatable bonds is 3. The number of methoxy groups -OCH3 is 1. The smallest absolute Gasteiger partial charge is 0.217 e. The summed E-state index contributed by atoms with van der Waals surface area (Å²) in [6, 6.07) is 3.76. The average Bonchev–Trinajstić information content (AvgIpc) is 2.26. The number of nitrogens with zero attached hydrogens (tertiary/aromatic N) is 2. The van der Waals surface area contributed by atoms with Crippen LogP contribution in [0.1, 0.15) is 5.56 Å². The van der Waals surface area contributed by atoms with Crippen LogP contribution < -0.4 is 16.3 Å². The summed E-state index contributed by atoms with van der Waals surface area (Å²) in [5.74, 6) is 6.25. The minimum absolute atomic E-state index is 0.343. The number of hydrogen-bond acceptors (Lipinski definition) is 5. The molecule has 0 radical (unpaired) electrons. The Morgan fingerprint density at radius 3 is 3.14 bits per heavy atom. The number of ether oxygens (including phenoxy) is 1. The number of amidine groups is 1. The van der Waals surface area contributed by atoms with E-state index in [0.717, 1.165) is 5.56 Å². The van der Waals surface area contributed by atoms with E-state index >= 15 is 0 Å². The molecule has 1 rings (SSSR count). The normalized spacial score (nSPS) is 11.4. The third-order valence-corrected chi connectivity index (χ3v) is 2.40. The zero-order valence-corrected chi connectivity index (χ0v) is 8.62. The van der Waals surface area contributed by atoms with Gasteiger partial charge in [-0.25, -0.2) is 4.98 Å². The van der Waals surface area contributed by atoms with Crippen LogP contribution in [0.2, 0.25) is 0 Å². The maximum atomic E-state index is 5.44. The molecular weight excluding hydrogens is 200 g/mol. The highest BCUT2D eigenvalue weighted by atomic mass is 32.2. The molecule has 6 heteroatoms. The van der Waals surface area contributed by atoms with Crippen molar-refractivity contribution in [3.8, 4) is 5.88 Å². The summed E-state index contributed by atoms with van der Waals surface area (Å²) in [7, 11) is 1.58. The van der Waals surface area contributed by atoms with E-state index in [4.69, 9.17) is 16.3 Å². The Bertz CT molecular complexity index is 329. The lowest BCUT2D eigenvalue weighted by Crippen LogP contribution is -2.09. The molecule has 1 heterocycles. The van der Waals surface area contributed by atoms with Crippen molar-refractivity contribution in [1.82, 2.24) is 4.98 Å². The molecule has 0 fully saturated rings. The number of thioether (sulfide) groups is 1. The fourth-order valence-corrected chi connectivity index (χ4v) is 1.50. The van der Waals surface area contributed by atoms with Gasteiger partial charge < -0.3 is 16.3 Å². The van der Waals surface area contributed by atoms with Crippen LogP contribution in [0.25, 0.3) is 0 Å². The molecule has 0 saturated heterocycles. The molecule has 4 N–H and O–H groups in total. The second kappa shape index (κ2) is 5.33. The molecule has 0 bridgehead atoms.